The largest absolute Gasteiger partial charge is 0.465 e. The smallest absolute Gasteiger partial charge is 0.262 e. The average Bonchev–Trinajstić information content (AvgIpc) is 2.82. The van der Waals surface area contributed by atoms with Crippen LogP contribution in [0.2, 0.25) is 0 Å². The fourth-order valence-electron chi connectivity index (χ4n) is 3.63. The van der Waals surface area contributed by atoms with E-state index in [0.717, 1.165) is 28.7 Å². The molecule has 0 bridgehead atoms. The van der Waals surface area contributed by atoms with Crippen LogP contribution in [-0.4, -0.2) is 48.8 Å². The number of fused-ring (bicyclic) bond motifs is 1. The standard InChI is InChI=1S/C24H28N4O3/c1-3-17(2)18-8-4-5-9-19(18)25-22(29)16-31-24-23(28-12-14-30-15-13-28)26-20-10-6-7-11-21(20)27-24/h4-11,17H,3,12-16H2,1-2H3,(H,25,29). The first-order chi connectivity index (χ1) is 15.2. The molecule has 1 amide bonds. The van der Waals surface area contributed by atoms with Gasteiger partial charge in [0.1, 0.15) is 0 Å². The van der Waals surface area contributed by atoms with E-state index in [4.69, 9.17) is 14.5 Å². The van der Waals surface area contributed by atoms with Gasteiger partial charge in [-0.3, -0.25) is 4.79 Å². The van der Waals surface area contributed by atoms with Crippen LogP contribution >= 0.6 is 0 Å². The van der Waals surface area contributed by atoms with E-state index in [-0.39, 0.29) is 12.5 Å². The number of nitrogens with zero attached hydrogens (tertiary/aromatic N) is 3. The zero-order valence-corrected chi connectivity index (χ0v) is 18.0. The summed E-state index contributed by atoms with van der Waals surface area (Å²) >= 11 is 0. The van der Waals surface area contributed by atoms with Gasteiger partial charge < -0.3 is 19.7 Å². The van der Waals surface area contributed by atoms with Crippen LogP contribution in [0.25, 0.3) is 11.0 Å². The van der Waals surface area contributed by atoms with Crippen molar-refractivity contribution in [2.45, 2.75) is 26.2 Å². The van der Waals surface area contributed by atoms with E-state index in [1.54, 1.807) is 0 Å². The molecule has 1 saturated heterocycles. The molecule has 7 heteroatoms. The molecule has 3 aromatic rings. The first kappa shape index (κ1) is 21.1. The topological polar surface area (TPSA) is 76.6 Å². The maximum Gasteiger partial charge on any atom is 0.262 e. The Morgan fingerprint density at radius 2 is 1.77 bits per heavy atom. The molecule has 2 aromatic carbocycles. The molecule has 1 aliphatic heterocycles. The van der Waals surface area contributed by atoms with Crippen molar-refractivity contribution in [1.82, 2.24) is 9.97 Å². The molecule has 0 spiro atoms. The Hall–Kier alpha value is -3.19. The Morgan fingerprint density at radius 3 is 2.52 bits per heavy atom. The lowest BCUT2D eigenvalue weighted by molar-refractivity contribution is -0.118. The first-order valence-corrected chi connectivity index (χ1v) is 10.8. The highest BCUT2D eigenvalue weighted by atomic mass is 16.5. The second-order valence-corrected chi connectivity index (χ2v) is 7.67. The van der Waals surface area contributed by atoms with E-state index in [1.807, 2.05) is 42.5 Å². The van der Waals surface area contributed by atoms with Gasteiger partial charge in [-0.2, -0.15) is 0 Å². The third kappa shape index (κ3) is 4.94. The molecule has 0 aliphatic carbocycles. The minimum atomic E-state index is -0.223. The fourth-order valence-corrected chi connectivity index (χ4v) is 3.63. The lowest BCUT2D eigenvalue weighted by atomic mass is 9.97. The predicted molar refractivity (Wildman–Crippen MR) is 122 cm³/mol. The molecular weight excluding hydrogens is 392 g/mol. The van der Waals surface area contributed by atoms with Crippen LogP contribution < -0.4 is 15.0 Å². The van der Waals surface area contributed by atoms with Crippen LogP contribution in [0.5, 0.6) is 5.88 Å². The number of rotatable bonds is 7. The SMILES string of the molecule is CCC(C)c1ccccc1NC(=O)COc1nc2ccccc2nc1N1CCOCC1. The monoisotopic (exact) mass is 420 g/mol. The summed E-state index contributed by atoms with van der Waals surface area (Å²) in [7, 11) is 0. The number of carbonyl (C=O) groups excluding carboxylic acids is 1. The normalized spacial score (nSPS) is 15.0. The number of amides is 1. The van der Waals surface area contributed by atoms with Gasteiger partial charge in [0.2, 0.25) is 0 Å². The average molecular weight is 421 g/mol. The van der Waals surface area contributed by atoms with Gasteiger partial charge in [0.25, 0.3) is 11.8 Å². The van der Waals surface area contributed by atoms with Gasteiger partial charge in [-0.05, 0) is 36.1 Å². The summed E-state index contributed by atoms with van der Waals surface area (Å²) in [6.45, 7) is 6.81. The molecule has 0 saturated carbocycles. The van der Waals surface area contributed by atoms with Crippen LogP contribution in [0.4, 0.5) is 11.5 Å². The number of ether oxygens (including phenoxy) is 2. The van der Waals surface area contributed by atoms with E-state index >= 15 is 0 Å². The lowest BCUT2D eigenvalue weighted by Crippen LogP contribution is -2.37. The summed E-state index contributed by atoms with van der Waals surface area (Å²) < 4.78 is 11.3. The lowest BCUT2D eigenvalue weighted by Gasteiger charge is -2.28. The summed E-state index contributed by atoms with van der Waals surface area (Å²) in [6.07, 6.45) is 0.999. The van der Waals surface area contributed by atoms with E-state index in [0.29, 0.717) is 43.9 Å². The second kappa shape index (κ2) is 9.75. The highest BCUT2D eigenvalue weighted by Crippen LogP contribution is 2.29. The summed E-state index contributed by atoms with van der Waals surface area (Å²) in [5.74, 6) is 1.15. The zero-order chi connectivity index (χ0) is 21.6. The molecule has 4 rings (SSSR count). The summed E-state index contributed by atoms with van der Waals surface area (Å²) in [6, 6.07) is 15.6. The predicted octanol–water partition coefficient (Wildman–Crippen LogP) is 4.00. The van der Waals surface area contributed by atoms with Gasteiger partial charge in [0, 0.05) is 18.8 Å². The van der Waals surface area contributed by atoms with Crippen LogP contribution in [-0.2, 0) is 9.53 Å². The summed E-state index contributed by atoms with van der Waals surface area (Å²) in [5, 5.41) is 2.99. The number of aromatic nitrogens is 2. The molecule has 0 radical (unpaired) electrons. The van der Waals surface area contributed by atoms with Gasteiger partial charge in [-0.15, -0.1) is 0 Å². The van der Waals surface area contributed by atoms with Crippen LogP contribution in [0.1, 0.15) is 31.7 Å². The maximum atomic E-state index is 12.7. The van der Waals surface area contributed by atoms with Gasteiger partial charge in [0.05, 0.1) is 24.2 Å². The molecule has 162 valence electrons. The number of benzene rings is 2. The van der Waals surface area contributed by atoms with E-state index in [9.17, 15) is 4.79 Å². The van der Waals surface area contributed by atoms with Crippen molar-refractivity contribution in [3.8, 4) is 5.88 Å². The Morgan fingerprint density at radius 1 is 1.10 bits per heavy atom. The third-order valence-corrected chi connectivity index (χ3v) is 5.55. The molecule has 1 fully saturated rings. The van der Waals surface area contributed by atoms with E-state index in [1.165, 1.54) is 0 Å². The Bertz CT molecular complexity index is 1050. The van der Waals surface area contributed by atoms with Gasteiger partial charge in [-0.25, -0.2) is 9.97 Å². The van der Waals surface area contributed by atoms with Crippen molar-refractivity contribution in [3.05, 3.63) is 54.1 Å². The van der Waals surface area contributed by atoms with Crippen LogP contribution in [0.15, 0.2) is 48.5 Å². The molecule has 31 heavy (non-hydrogen) atoms. The number of carbonyl (C=O) groups is 1. The molecular formula is C24H28N4O3. The minimum Gasteiger partial charge on any atom is -0.465 e. The van der Waals surface area contributed by atoms with Crippen molar-refractivity contribution >= 4 is 28.4 Å². The second-order valence-electron chi connectivity index (χ2n) is 7.67. The first-order valence-electron chi connectivity index (χ1n) is 10.8. The number of nitrogens with one attached hydrogen (secondary N) is 1. The Balaban J connectivity index is 1.52. The van der Waals surface area contributed by atoms with Crippen LogP contribution in [0.3, 0.4) is 0 Å². The Labute approximate surface area is 182 Å². The van der Waals surface area contributed by atoms with Gasteiger partial charge >= 0.3 is 0 Å². The van der Waals surface area contributed by atoms with Crippen molar-refractivity contribution in [2.24, 2.45) is 0 Å². The van der Waals surface area contributed by atoms with Crippen molar-refractivity contribution in [3.63, 3.8) is 0 Å². The molecule has 1 atom stereocenters. The maximum absolute atomic E-state index is 12.7. The highest BCUT2D eigenvalue weighted by Gasteiger charge is 2.21. The fraction of sp³-hybridized carbons (Fsp3) is 0.375. The molecule has 2 heterocycles. The number of anilines is 2. The van der Waals surface area contributed by atoms with Crippen molar-refractivity contribution < 1.29 is 14.3 Å². The Kier molecular flexibility index (Phi) is 6.62. The van der Waals surface area contributed by atoms with E-state index < -0.39 is 0 Å². The third-order valence-electron chi connectivity index (χ3n) is 5.55. The highest BCUT2D eigenvalue weighted by molar-refractivity contribution is 5.92. The molecule has 1 aliphatic rings. The molecule has 1 unspecified atom stereocenters. The van der Waals surface area contributed by atoms with Crippen molar-refractivity contribution in [2.75, 3.05) is 43.1 Å². The molecule has 1 aromatic heterocycles. The van der Waals surface area contributed by atoms with Crippen molar-refractivity contribution in [1.29, 1.82) is 0 Å². The van der Waals surface area contributed by atoms with Gasteiger partial charge in [0.15, 0.2) is 12.4 Å². The summed E-state index contributed by atoms with van der Waals surface area (Å²) in [5.41, 5.74) is 3.47. The summed E-state index contributed by atoms with van der Waals surface area (Å²) in [4.78, 5) is 24.2. The minimum absolute atomic E-state index is 0.140. The van der Waals surface area contributed by atoms with Crippen LogP contribution in [0, 0.1) is 0 Å². The quantitative estimate of drug-likeness (QED) is 0.623. The number of para-hydroxylation sites is 3. The van der Waals surface area contributed by atoms with Gasteiger partial charge in [-0.1, -0.05) is 44.2 Å². The molecule has 1 N–H and O–H groups in total. The number of hydrogen-bond donors (Lipinski definition) is 1. The number of hydrogen-bond acceptors (Lipinski definition) is 6. The van der Waals surface area contributed by atoms with E-state index in [2.05, 4.69) is 35.1 Å². The molecule has 7 nitrogen and oxygen atoms in total. The number of morpholine rings is 1. The zero-order valence-electron chi connectivity index (χ0n) is 18.0.